The number of hydrogen-bond acceptors (Lipinski definition) is 2. The van der Waals surface area contributed by atoms with Crippen molar-refractivity contribution in [1.82, 2.24) is 0 Å². The molecule has 0 fully saturated rings. The Morgan fingerprint density at radius 1 is 0.444 bits per heavy atom. The molecule has 0 radical (unpaired) electrons. The van der Waals surface area contributed by atoms with E-state index in [9.17, 15) is 4.79 Å². The fourth-order valence-electron chi connectivity index (χ4n) is 4.68. The van der Waals surface area contributed by atoms with Crippen LogP contribution >= 0.6 is 0 Å². The summed E-state index contributed by atoms with van der Waals surface area (Å²) in [5.41, 5.74) is 0. The van der Waals surface area contributed by atoms with Crippen LogP contribution in [0.2, 0.25) is 13.3 Å². The van der Waals surface area contributed by atoms with Crippen LogP contribution in [0.5, 0.6) is 0 Å². The van der Waals surface area contributed by atoms with Crippen LogP contribution in [0.4, 0.5) is 0 Å². The third kappa shape index (κ3) is 39.1. The Morgan fingerprint density at radius 3 is 1.06 bits per heavy atom. The summed E-state index contributed by atoms with van der Waals surface area (Å²) in [6.07, 6.45) is 32.3. The Hall–Kier alpha value is 0.619. The number of thiol groups is 1. The van der Waals surface area contributed by atoms with Gasteiger partial charge in [0, 0.05) is 6.42 Å². The minimum Gasteiger partial charge on any atom is -0.813 e. The molecule has 218 valence electrons. The molecule has 0 saturated heterocycles. The van der Waals surface area contributed by atoms with E-state index >= 15 is 0 Å². The molecule has 0 heterocycles. The Kier molecular flexibility index (Phi) is 43.1. The van der Waals surface area contributed by atoms with Crippen molar-refractivity contribution < 1.29 is 9.90 Å². The van der Waals surface area contributed by atoms with Gasteiger partial charge in [0.2, 0.25) is 0 Å². The summed E-state index contributed by atoms with van der Waals surface area (Å²) in [7, 11) is 0. The molecule has 0 bridgehead atoms. The van der Waals surface area contributed by atoms with Crippen LogP contribution in [0.25, 0.3) is 0 Å². The van der Waals surface area contributed by atoms with Gasteiger partial charge >= 0.3 is 150 Å². The van der Waals surface area contributed by atoms with E-state index in [0.717, 1.165) is 12.8 Å². The van der Waals surface area contributed by atoms with E-state index in [0.29, 0.717) is 6.42 Å². The monoisotopic (exact) mass is 636 g/mol. The number of aliphatic carboxylic acids is 1. The first-order chi connectivity index (χ1) is 17.1. The number of rotatable bonds is 27. The quantitative estimate of drug-likeness (QED) is 0.0422. The minimum absolute atomic E-state index is 0. The first-order valence-corrected chi connectivity index (χ1v) is 22.2. The average molecular weight is 636 g/mol. The Balaban J connectivity index is -0.000000635. The van der Waals surface area contributed by atoms with Gasteiger partial charge in [0.1, 0.15) is 0 Å². The molecule has 0 aliphatic rings. The van der Waals surface area contributed by atoms with Crippen LogP contribution in [-0.2, 0) is 18.3 Å². The van der Waals surface area contributed by atoms with Gasteiger partial charge in [0.15, 0.2) is 0 Å². The largest absolute Gasteiger partial charge is 0.813 e. The van der Waals surface area contributed by atoms with Gasteiger partial charge in [-0.1, -0.05) is 58.3 Å². The smallest absolute Gasteiger partial charge is 0.813 e. The Morgan fingerprint density at radius 2 is 0.722 bits per heavy atom. The van der Waals surface area contributed by atoms with Gasteiger partial charge in [-0.2, -0.15) is 0 Å². The molecule has 0 atom stereocenters. The second-order valence-electron chi connectivity index (χ2n) is 10.9. The molecule has 0 aliphatic heterocycles. The Bertz CT molecular complexity index is 384. The predicted octanol–water partition coefficient (Wildman–Crippen LogP) is 11.7. The molecule has 2 nitrogen and oxygen atoms in total. The zero-order chi connectivity index (χ0) is 26.2. The summed E-state index contributed by atoms with van der Waals surface area (Å²) in [6.45, 7) is 9.26. The summed E-state index contributed by atoms with van der Waals surface area (Å²) in [6, 6.07) is 0. The van der Waals surface area contributed by atoms with E-state index in [1.54, 1.807) is 19.7 Å². The molecule has 0 aromatic heterocycles. The second kappa shape index (κ2) is 37.8. The van der Waals surface area contributed by atoms with Crippen LogP contribution in [0.3, 0.4) is 0 Å². The van der Waals surface area contributed by atoms with Crippen LogP contribution in [-0.4, -0.2) is 30.8 Å². The third-order valence-electron chi connectivity index (χ3n) is 7.15. The van der Waals surface area contributed by atoms with Gasteiger partial charge in [-0.15, -0.1) is 0 Å². The maximum atomic E-state index is 10.2. The van der Waals surface area contributed by atoms with Gasteiger partial charge in [-0.3, -0.25) is 4.79 Å². The standard InChI is InChI=1S/C12H24O2.C12H25.2C4H9.H2S.Sn/c1-2-3-4-5-6-7-8-9-10-11-12(13)14;1-3-5-7-9-11-12-10-8-6-4-2;2*1-3-4-2;;/h2-11H2,1H3,(H,13,14);1,3-12H2,2H3;2*1,3-4H2,2H3;1H2;/q;;;;;+1/p-1. The number of carboxylic acids is 1. The van der Waals surface area contributed by atoms with Gasteiger partial charge in [0.05, 0.1) is 0 Å². The number of carbonyl (C=O) groups is 1. The molecule has 0 aliphatic carbocycles. The molecule has 0 amide bonds. The van der Waals surface area contributed by atoms with Crippen molar-refractivity contribution in [2.75, 3.05) is 0 Å². The van der Waals surface area contributed by atoms with Crippen molar-refractivity contribution in [3.63, 3.8) is 0 Å². The summed E-state index contributed by atoms with van der Waals surface area (Å²) in [5, 5.41) is 8.41. The zero-order valence-electron chi connectivity index (χ0n) is 25.4. The molecule has 4 heteroatoms. The van der Waals surface area contributed by atoms with Crippen LogP contribution in [0, 0.1) is 0 Å². The zero-order valence-corrected chi connectivity index (χ0v) is 29.1. The molecule has 0 spiro atoms. The van der Waals surface area contributed by atoms with E-state index in [1.165, 1.54) is 128 Å². The maximum absolute atomic E-state index is 10.2. The molecular formula is C32H68O2SSn. The van der Waals surface area contributed by atoms with Crippen molar-refractivity contribution in [2.24, 2.45) is 0 Å². The van der Waals surface area contributed by atoms with Crippen molar-refractivity contribution in [3.8, 4) is 0 Å². The number of unbranched alkanes of at least 4 members (excludes halogenated alkanes) is 19. The minimum atomic E-state index is -0.924. The molecule has 0 unspecified atom stereocenters. The molecule has 0 aromatic carbocycles. The molecule has 0 rings (SSSR count). The number of hydrogen-bond donors (Lipinski definition) is 1. The van der Waals surface area contributed by atoms with Gasteiger partial charge < -0.3 is 18.6 Å². The first-order valence-electron chi connectivity index (χ1n) is 16.2. The molecule has 36 heavy (non-hydrogen) atoms. The van der Waals surface area contributed by atoms with Gasteiger partial charge in [-0.05, 0) is 6.42 Å². The second-order valence-corrected chi connectivity index (χ2v) is 19.4. The predicted molar refractivity (Wildman–Crippen MR) is 170 cm³/mol. The molecule has 0 saturated carbocycles. The van der Waals surface area contributed by atoms with Crippen molar-refractivity contribution in [1.29, 1.82) is 0 Å². The van der Waals surface area contributed by atoms with Crippen molar-refractivity contribution >= 4 is 39.2 Å². The fraction of sp³-hybridized carbons (Fsp3) is 0.969. The van der Waals surface area contributed by atoms with Crippen molar-refractivity contribution in [3.05, 3.63) is 0 Å². The van der Waals surface area contributed by atoms with E-state index in [4.69, 9.17) is 5.11 Å². The number of carboxylic acid groups (broad SMARTS) is 1. The van der Waals surface area contributed by atoms with E-state index in [2.05, 4.69) is 27.7 Å². The van der Waals surface area contributed by atoms with Crippen molar-refractivity contribution in [2.45, 2.75) is 195 Å². The summed E-state index contributed by atoms with van der Waals surface area (Å²) in [4.78, 5) is 10.2. The SMILES string of the molecule is CCCCCCCCCCCC(=O)O.CCCCCCCCCCC[CH2][Sn+]([CH2]CCC)[CH2]CCC.[SH-]. The van der Waals surface area contributed by atoms with E-state index in [1.807, 2.05) is 0 Å². The van der Waals surface area contributed by atoms with E-state index in [-0.39, 0.29) is 13.5 Å². The third-order valence-corrected chi connectivity index (χ3v) is 16.2. The molecule has 0 aromatic rings. The molecular weight excluding hydrogens is 567 g/mol. The normalized spacial score (nSPS) is 10.4. The average Bonchev–Trinajstić information content (AvgIpc) is 2.85. The van der Waals surface area contributed by atoms with Crippen LogP contribution in [0.1, 0.15) is 182 Å². The Labute approximate surface area is 243 Å². The van der Waals surface area contributed by atoms with Gasteiger partial charge in [0.25, 0.3) is 0 Å². The molecule has 1 N–H and O–H groups in total. The van der Waals surface area contributed by atoms with Gasteiger partial charge in [-0.25, -0.2) is 0 Å². The summed E-state index contributed by atoms with van der Waals surface area (Å²) < 4.78 is 5.09. The topological polar surface area (TPSA) is 37.3 Å². The summed E-state index contributed by atoms with van der Waals surface area (Å²) in [5.74, 6) is -0.659. The van der Waals surface area contributed by atoms with Crippen LogP contribution < -0.4 is 0 Å². The maximum Gasteiger partial charge on any atom is -0.813 e. The fourth-order valence-corrected chi connectivity index (χ4v) is 13.8. The van der Waals surface area contributed by atoms with E-state index < -0.39 is 25.7 Å². The summed E-state index contributed by atoms with van der Waals surface area (Å²) >= 11 is -0.924. The van der Waals surface area contributed by atoms with Crippen LogP contribution in [0.15, 0.2) is 0 Å². The first kappa shape index (κ1) is 41.1.